The number of tetrazole rings is 1. The zero-order chi connectivity index (χ0) is 20.0. The molecule has 0 radical (unpaired) electrons. The lowest BCUT2D eigenvalue weighted by molar-refractivity contribution is -0.145. The van der Waals surface area contributed by atoms with Gasteiger partial charge in [-0.25, -0.2) is 4.79 Å². The zero-order valence-electron chi connectivity index (χ0n) is 16.2. The first-order valence-electron chi connectivity index (χ1n) is 8.67. The third-order valence-corrected chi connectivity index (χ3v) is 4.80. The van der Waals surface area contributed by atoms with E-state index in [-0.39, 0.29) is 17.6 Å². The Morgan fingerprint density at radius 2 is 2.04 bits per heavy atom. The van der Waals surface area contributed by atoms with Crippen molar-refractivity contribution in [2.45, 2.75) is 45.3 Å². The molecule has 0 aliphatic carbocycles. The minimum atomic E-state index is -0.654. The number of hydrogen-bond acceptors (Lipinski definition) is 7. The fraction of sp³-hybridized carbons (Fsp3) is 0.500. The maximum Gasteiger partial charge on any atom is 0.328 e. The van der Waals surface area contributed by atoms with Crippen molar-refractivity contribution in [3.8, 4) is 5.69 Å². The van der Waals surface area contributed by atoms with Gasteiger partial charge in [0.05, 0.1) is 18.6 Å². The molecule has 146 valence electrons. The average molecular weight is 391 g/mol. The number of benzene rings is 1. The number of carbonyl (C=O) groups excluding carboxylic acids is 2. The molecule has 2 rings (SSSR count). The Morgan fingerprint density at radius 1 is 1.30 bits per heavy atom. The van der Waals surface area contributed by atoms with Crippen molar-refractivity contribution in [3.63, 3.8) is 0 Å². The minimum absolute atomic E-state index is 0.0941. The summed E-state index contributed by atoms with van der Waals surface area (Å²) >= 11 is 1.21. The molecule has 8 nitrogen and oxygen atoms in total. The lowest BCUT2D eigenvalue weighted by atomic mass is 10.0. The van der Waals surface area contributed by atoms with Crippen LogP contribution >= 0.6 is 11.8 Å². The van der Waals surface area contributed by atoms with E-state index in [4.69, 9.17) is 4.74 Å². The number of methoxy groups -OCH3 is 1. The Hall–Kier alpha value is -2.42. The van der Waals surface area contributed by atoms with Gasteiger partial charge in [-0.2, -0.15) is 4.68 Å². The number of ether oxygens (including phenoxy) is 1. The van der Waals surface area contributed by atoms with Gasteiger partial charge >= 0.3 is 5.97 Å². The molecule has 1 aromatic heterocycles. The number of rotatable bonds is 8. The van der Waals surface area contributed by atoms with Gasteiger partial charge in [0, 0.05) is 0 Å². The molecule has 1 heterocycles. The molecular formula is C18H25N5O3S. The van der Waals surface area contributed by atoms with Gasteiger partial charge in [-0.1, -0.05) is 43.3 Å². The van der Waals surface area contributed by atoms with Crippen LogP contribution in [0.5, 0.6) is 0 Å². The van der Waals surface area contributed by atoms with Gasteiger partial charge in [0.1, 0.15) is 6.04 Å². The number of thioether (sulfide) groups is 1. The number of carbonyl (C=O) groups is 2. The number of nitrogens with zero attached hydrogens (tertiary/aromatic N) is 4. The molecule has 0 aliphatic heterocycles. The van der Waals surface area contributed by atoms with Crippen LogP contribution in [0.3, 0.4) is 0 Å². The molecule has 0 saturated carbocycles. The van der Waals surface area contributed by atoms with Crippen molar-refractivity contribution in [2.24, 2.45) is 5.92 Å². The maximum absolute atomic E-state index is 12.3. The van der Waals surface area contributed by atoms with Crippen LogP contribution in [0, 0.1) is 19.8 Å². The topological polar surface area (TPSA) is 99.0 Å². The summed E-state index contributed by atoms with van der Waals surface area (Å²) in [6.45, 7) is 7.97. The van der Waals surface area contributed by atoms with Crippen molar-refractivity contribution in [1.29, 1.82) is 0 Å². The molecule has 0 aliphatic rings. The lowest BCUT2D eigenvalue weighted by Crippen LogP contribution is -2.43. The molecule has 1 aromatic carbocycles. The Morgan fingerprint density at radius 3 is 2.67 bits per heavy atom. The zero-order valence-corrected chi connectivity index (χ0v) is 17.0. The van der Waals surface area contributed by atoms with Crippen LogP contribution < -0.4 is 5.32 Å². The third-order valence-electron chi connectivity index (χ3n) is 3.88. The Labute approximate surface area is 163 Å². The molecule has 2 aromatic rings. The summed E-state index contributed by atoms with van der Waals surface area (Å²) in [7, 11) is 1.31. The second-order valence-corrected chi connectivity index (χ2v) is 7.67. The Balaban J connectivity index is 2.03. The molecule has 9 heteroatoms. The van der Waals surface area contributed by atoms with Crippen LogP contribution in [0.4, 0.5) is 0 Å². The second kappa shape index (κ2) is 9.50. The minimum Gasteiger partial charge on any atom is -0.467 e. The number of nitrogens with one attached hydrogen (secondary N) is 1. The molecule has 0 spiro atoms. The summed E-state index contributed by atoms with van der Waals surface area (Å²) in [4.78, 5) is 24.1. The molecule has 0 saturated heterocycles. The predicted molar refractivity (Wildman–Crippen MR) is 103 cm³/mol. The molecule has 1 atom stereocenters. The van der Waals surface area contributed by atoms with Crippen molar-refractivity contribution in [3.05, 3.63) is 29.3 Å². The maximum atomic E-state index is 12.3. The molecular weight excluding hydrogens is 366 g/mol. The fourth-order valence-corrected chi connectivity index (χ4v) is 3.35. The highest BCUT2D eigenvalue weighted by molar-refractivity contribution is 7.99. The van der Waals surface area contributed by atoms with Crippen LogP contribution in [0.15, 0.2) is 23.4 Å². The van der Waals surface area contributed by atoms with Crippen molar-refractivity contribution >= 4 is 23.6 Å². The summed E-state index contributed by atoms with van der Waals surface area (Å²) < 4.78 is 6.38. The average Bonchev–Trinajstić information content (AvgIpc) is 3.06. The Bertz CT molecular complexity index is 806. The molecule has 0 bridgehead atoms. The number of aryl methyl sites for hydroxylation is 2. The molecule has 0 unspecified atom stereocenters. The van der Waals surface area contributed by atoms with Gasteiger partial charge in [-0.05, 0) is 48.2 Å². The highest BCUT2D eigenvalue weighted by Crippen LogP contribution is 2.21. The van der Waals surface area contributed by atoms with E-state index in [1.807, 2.05) is 45.9 Å². The molecule has 0 fully saturated rings. The SMILES string of the molecule is COC(=O)[C@@H](CC(C)C)NC(=O)CSc1nnnn1-c1ccc(C)cc1C. The highest BCUT2D eigenvalue weighted by Gasteiger charge is 2.23. The van der Waals surface area contributed by atoms with Crippen LogP contribution in [0.1, 0.15) is 31.4 Å². The molecule has 27 heavy (non-hydrogen) atoms. The first kappa shape index (κ1) is 20.9. The van der Waals surface area contributed by atoms with Gasteiger partial charge in [0.25, 0.3) is 0 Å². The van der Waals surface area contributed by atoms with E-state index in [0.717, 1.165) is 16.8 Å². The largest absolute Gasteiger partial charge is 0.467 e. The van der Waals surface area contributed by atoms with Crippen molar-refractivity contribution in [2.75, 3.05) is 12.9 Å². The van der Waals surface area contributed by atoms with E-state index in [0.29, 0.717) is 11.6 Å². The van der Waals surface area contributed by atoms with E-state index in [1.54, 1.807) is 4.68 Å². The molecule has 1 amide bonds. The van der Waals surface area contributed by atoms with Gasteiger partial charge in [0.15, 0.2) is 0 Å². The van der Waals surface area contributed by atoms with Crippen LogP contribution in [0.2, 0.25) is 0 Å². The highest BCUT2D eigenvalue weighted by atomic mass is 32.2. The Kier molecular flexibility index (Phi) is 7.35. The van der Waals surface area contributed by atoms with Gasteiger partial charge in [0.2, 0.25) is 11.1 Å². The summed E-state index contributed by atoms with van der Waals surface area (Å²) in [5.74, 6) is -0.371. The first-order chi connectivity index (χ1) is 12.8. The number of amides is 1. The fourth-order valence-electron chi connectivity index (χ4n) is 2.66. The predicted octanol–water partition coefficient (Wildman–Crippen LogP) is 2.08. The number of hydrogen-bond donors (Lipinski definition) is 1. The summed E-state index contributed by atoms with van der Waals surface area (Å²) in [5.41, 5.74) is 3.05. The quantitative estimate of drug-likeness (QED) is 0.543. The second-order valence-electron chi connectivity index (χ2n) is 6.72. The third kappa shape index (κ3) is 5.78. The van der Waals surface area contributed by atoms with E-state index in [1.165, 1.54) is 18.9 Å². The summed E-state index contributed by atoms with van der Waals surface area (Å²) in [5, 5.41) is 15.0. The smallest absolute Gasteiger partial charge is 0.328 e. The van der Waals surface area contributed by atoms with E-state index < -0.39 is 12.0 Å². The van der Waals surface area contributed by atoms with E-state index >= 15 is 0 Å². The monoisotopic (exact) mass is 391 g/mol. The van der Waals surface area contributed by atoms with Crippen LogP contribution in [-0.2, 0) is 14.3 Å². The van der Waals surface area contributed by atoms with Crippen molar-refractivity contribution < 1.29 is 14.3 Å². The first-order valence-corrected chi connectivity index (χ1v) is 9.66. The number of esters is 1. The van der Waals surface area contributed by atoms with Crippen molar-refractivity contribution in [1.82, 2.24) is 25.5 Å². The van der Waals surface area contributed by atoms with Gasteiger partial charge < -0.3 is 10.1 Å². The van der Waals surface area contributed by atoms with Crippen LogP contribution in [0.25, 0.3) is 5.69 Å². The van der Waals surface area contributed by atoms with E-state index in [2.05, 4.69) is 20.8 Å². The van der Waals surface area contributed by atoms with E-state index in [9.17, 15) is 9.59 Å². The molecule has 1 N–H and O–H groups in total. The van der Waals surface area contributed by atoms with Gasteiger partial charge in [-0.3, -0.25) is 4.79 Å². The standard InChI is InChI=1S/C18H25N5O3S/c1-11(2)8-14(17(25)26-5)19-16(24)10-27-18-20-21-22-23(18)15-7-6-12(3)9-13(15)4/h6-7,9,11,14H,8,10H2,1-5H3,(H,19,24)/t14-/m1/s1. The lowest BCUT2D eigenvalue weighted by Gasteiger charge is -2.18. The normalized spacial score (nSPS) is 12.1. The van der Waals surface area contributed by atoms with Gasteiger partial charge in [-0.15, -0.1) is 5.10 Å². The summed E-state index contributed by atoms with van der Waals surface area (Å²) in [6.07, 6.45) is 0.517. The summed E-state index contributed by atoms with van der Waals surface area (Å²) in [6, 6.07) is 5.32. The number of aromatic nitrogens is 4. The van der Waals surface area contributed by atoms with Crippen LogP contribution in [-0.4, -0.2) is 51.0 Å².